The van der Waals surface area contributed by atoms with Crippen LogP contribution in [0, 0.1) is 17.2 Å². The maximum Gasteiger partial charge on any atom is 0.308 e. The molecule has 0 heterocycles. The van der Waals surface area contributed by atoms with Gasteiger partial charge in [-0.15, -0.1) is 0 Å². The van der Waals surface area contributed by atoms with E-state index in [1.165, 1.54) is 19.1 Å². The molecule has 1 N–H and O–H groups in total. The number of carbonyl (C=O) groups is 2. The van der Waals surface area contributed by atoms with Gasteiger partial charge in [0, 0.05) is 19.2 Å². The molecule has 2 atom stereocenters. The van der Waals surface area contributed by atoms with Crippen LogP contribution in [0.3, 0.4) is 0 Å². The molecule has 1 aliphatic carbocycles. The topological polar surface area (TPSA) is 88.4 Å². The van der Waals surface area contributed by atoms with Crippen molar-refractivity contribution in [1.29, 1.82) is 5.26 Å². The third kappa shape index (κ3) is 4.58. The lowest BCUT2D eigenvalue weighted by Gasteiger charge is -2.38. The van der Waals surface area contributed by atoms with E-state index in [1.54, 1.807) is 6.07 Å². The number of nitriles is 1. The lowest BCUT2D eigenvalue weighted by atomic mass is 9.78. The maximum atomic E-state index is 12.9. The van der Waals surface area contributed by atoms with Gasteiger partial charge >= 0.3 is 5.97 Å². The van der Waals surface area contributed by atoms with Gasteiger partial charge in [0.1, 0.15) is 17.4 Å². The standard InChI is InChI=1S/C19H24N2O4/c1-4-24-19(9-5-6-13(2)11-19)18(23)21-16-7-8-17(25-14(3)22)15(10-16)12-20/h7-8,10,13H,4-6,9,11H2,1-3H3,(H,21,23)/t13-,19-/m0/s1. The Balaban J connectivity index is 2.21. The van der Waals surface area contributed by atoms with E-state index in [-0.39, 0.29) is 17.2 Å². The Morgan fingerprint density at radius 1 is 1.44 bits per heavy atom. The monoisotopic (exact) mass is 344 g/mol. The molecule has 0 aliphatic heterocycles. The summed E-state index contributed by atoms with van der Waals surface area (Å²) in [6.07, 6.45) is 3.41. The second kappa shape index (κ2) is 8.13. The molecule has 25 heavy (non-hydrogen) atoms. The van der Waals surface area contributed by atoms with Gasteiger partial charge in [0.15, 0.2) is 0 Å². The fourth-order valence-corrected chi connectivity index (χ4v) is 3.37. The number of rotatable bonds is 5. The molecule has 0 spiro atoms. The Morgan fingerprint density at radius 3 is 2.80 bits per heavy atom. The van der Waals surface area contributed by atoms with Crippen molar-refractivity contribution in [3.8, 4) is 11.8 Å². The SMILES string of the molecule is CCO[C@@]1(C(=O)Nc2ccc(OC(C)=O)c(C#N)c2)CCC[C@H](C)C1. The molecule has 1 fully saturated rings. The minimum absolute atomic E-state index is 0.179. The van der Waals surface area contributed by atoms with Gasteiger partial charge in [-0.25, -0.2) is 0 Å². The summed E-state index contributed by atoms with van der Waals surface area (Å²) in [7, 11) is 0. The van der Waals surface area contributed by atoms with Gasteiger partial charge in [-0.2, -0.15) is 5.26 Å². The normalized spacial score (nSPS) is 22.7. The molecular weight excluding hydrogens is 320 g/mol. The first kappa shape index (κ1) is 18.9. The second-order valence-electron chi connectivity index (χ2n) is 6.50. The summed E-state index contributed by atoms with van der Waals surface area (Å²) in [4.78, 5) is 24.0. The average molecular weight is 344 g/mol. The number of hydrogen-bond donors (Lipinski definition) is 1. The summed E-state index contributed by atoms with van der Waals surface area (Å²) in [5, 5.41) is 12.1. The molecule has 0 aromatic heterocycles. The van der Waals surface area contributed by atoms with E-state index in [9.17, 15) is 14.9 Å². The Labute approximate surface area is 148 Å². The van der Waals surface area contributed by atoms with Crippen molar-refractivity contribution in [1.82, 2.24) is 0 Å². The Bertz CT molecular complexity index is 691. The van der Waals surface area contributed by atoms with Crippen LogP contribution in [0.5, 0.6) is 5.75 Å². The number of nitrogens with zero attached hydrogens (tertiary/aromatic N) is 1. The molecule has 1 aromatic carbocycles. The fourth-order valence-electron chi connectivity index (χ4n) is 3.37. The van der Waals surface area contributed by atoms with Crippen molar-refractivity contribution < 1.29 is 19.1 Å². The molecule has 0 saturated heterocycles. The van der Waals surface area contributed by atoms with Crippen LogP contribution in [0.25, 0.3) is 0 Å². The smallest absolute Gasteiger partial charge is 0.308 e. The number of amides is 1. The Hall–Kier alpha value is -2.39. The van der Waals surface area contributed by atoms with E-state index < -0.39 is 11.6 Å². The molecule has 0 radical (unpaired) electrons. The summed E-state index contributed by atoms with van der Waals surface area (Å²) in [6.45, 7) is 5.75. The van der Waals surface area contributed by atoms with Gasteiger partial charge in [0.2, 0.25) is 0 Å². The number of nitrogens with one attached hydrogen (secondary N) is 1. The quantitative estimate of drug-likeness (QED) is 0.653. The molecule has 1 aromatic rings. The van der Waals surface area contributed by atoms with Crippen LogP contribution in [0.15, 0.2) is 18.2 Å². The molecule has 6 nitrogen and oxygen atoms in total. The van der Waals surface area contributed by atoms with Crippen molar-refractivity contribution in [2.75, 3.05) is 11.9 Å². The van der Waals surface area contributed by atoms with Crippen LogP contribution in [0.4, 0.5) is 5.69 Å². The molecule has 134 valence electrons. The minimum atomic E-state index is -0.826. The zero-order valence-electron chi connectivity index (χ0n) is 14.9. The number of benzene rings is 1. The minimum Gasteiger partial charge on any atom is -0.425 e. The summed E-state index contributed by atoms with van der Waals surface area (Å²) in [5.74, 6) is -0.0873. The molecule has 1 amide bonds. The highest BCUT2D eigenvalue weighted by molar-refractivity contribution is 5.97. The average Bonchev–Trinajstić information content (AvgIpc) is 2.56. The van der Waals surface area contributed by atoms with Gasteiger partial charge in [-0.05, 0) is 50.3 Å². The maximum absolute atomic E-state index is 12.9. The molecule has 2 rings (SSSR count). The summed E-state index contributed by atoms with van der Waals surface area (Å²) in [6, 6.07) is 6.60. The van der Waals surface area contributed by atoms with Crippen LogP contribution < -0.4 is 10.1 Å². The molecule has 0 unspecified atom stereocenters. The Morgan fingerprint density at radius 2 is 2.20 bits per heavy atom. The number of ether oxygens (including phenoxy) is 2. The van der Waals surface area contributed by atoms with Crippen molar-refractivity contribution in [3.63, 3.8) is 0 Å². The highest BCUT2D eigenvalue weighted by atomic mass is 16.5. The highest BCUT2D eigenvalue weighted by Gasteiger charge is 2.42. The second-order valence-corrected chi connectivity index (χ2v) is 6.50. The van der Waals surface area contributed by atoms with E-state index >= 15 is 0 Å². The van der Waals surface area contributed by atoms with E-state index in [0.29, 0.717) is 31.1 Å². The van der Waals surface area contributed by atoms with Gasteiger partial charge in [0.25, 0.3) is 5.91 Å². The lowest BCUT2D eigenvalue weighted by Crippen LogP contribution is -2.48. The highest BCUT2D eigenvalue weighted by Crippen LogP contribution is 2.36. The van der Waals surface area contributed by atoms with Crippen molar-refractivity contribution in [2.45, 2.75) is 52.1 Å². The Kier molecular flexibility index (Phi) is 6.16. The number of esters is 1. The molecule has 6 heteroatoms. The molecule has 1 aliphatic rings. The van der Waals surface area contributed by atoms with Crippen LogP contribution in [-0.2, 0) is 14.3 Å². The van der Waals surface area contributed by atoms with Crippen LogP contribution in [-0.4, -0.2) is 24.1 Å². The van der Waals surface area contributed by atoms with Gasteiger partial charge in [-0.1, -0.05) is 13.3 Å². The number of anilines is 1. The zero-order valence-corrected chi connectivity index (χ0v) is 14.9. The van der Waals surface area contributed by atoms with Crippen LogP contribution in [0.2, 0.25) is 0 Å². The third-order valence-electron chi connectivity index (χ3n) is 4.40. The van der Waals surface area contributed by atoms with E-state index in [2.05, 4.69) is 12.2 Å². The first-order valence-corrected chi connectivity index (χ1v) is 8.58. The zero-order chi connectivity index (χ0) is 18.4. The predicted octanol–water partition coefficient (Wildman–Crippen LogP) is 3.41. The molecule has 0 bridgehead atoms. The van der Waals surface area contributed by atoms with Gasteiger partial charge in [-0.3, -0.25) is 9.59 Å². The van der Waals surface area contributed by atoms with Crippen molar-refractivity contribution >= 4 is 17.6 Å². The van der Waals surface area contributed by atoms with E-state index in [0.717, 1.165) is 12.8 Å². The van der Waals surface area contributed by atoms with Crippen molar-refractivity contribution in [2.24, 2.45) is 5.92 Å². The number of hydrogen-bond acceptors (Lipinski definition) is 5. The van der Waals surface area contributed by atoms with Gasteiger partial charge in [0.05, 0.1) is 5.56 Å². The van der Waals surface area contributed by atoms with Crippen molar-refractivity contribution in [3.05, 3.63) is 23.8 Å². The van der Waals surface area contributed by atoms with Crippen LogP contribution in [0.1, 0.15) is 52.0 Å². The first-order valence-electron chi connectivity index (χ1n) is 8.58. The number of carbonyl (C=O) groups excluding carboxylic acids is 2. The first-order chi connectivity index (χ1) is 11.9. The van der Waals surface area contributed by atoms with E-state index in [1.807, 2.05) is 13.0 Å². The summed E-state index contributed by atoms with van der Waals surface area (Å²) in [5.41, 5.74) is -0.154. The lowest BCUT2D eigenvalue weighted by molar-refractivity contribution is -0.147. The third-order valence-corrected chi connectivity index (χ3v) is 4.40. The molecular formula is C19H24N2O4. The summed E-state index contributed by atoms with van der Waals surface area (Å²) >= 11 is 0. The van der Waals surface area contributed by atoms with E-state index in [4.69, 9.17) is 9.47 Å². The van der Waals surface area contributed by atoms with Gasteiger partial charge < -0.3 is 14.8 Å². The summed E-state index contributed by atoms with van der Waals surface area (Å²) < 4.78 is 10.8. The molecule has 1 saturated carbocycles. The van der Waals surface area contributed by atoms with Crippen LogP contribution >= 0.6 is 0 Å². The fraction of sp³-hybridized carbons (Fsp3) is 0.526. The largest absolute Gasteiger partial charge is 0.425 e. The predicted molar refractivity (Wildman–Crippen MR) is 93.1 cm³/mol.